The SMILES string of the molecule is CNC(=O)[C@@H]1C[C@@H](OC(C)(C)C)CN1C(=O)OCc1ccccc1. The summed E-state index contributed by atoms with van der Waals surface area (Å²) in [6.45, 7) is 6.40. The van der Waals surface area contributed by atoms with Gasteiger partial charge in [-0.25, -0.2) is 4.79 Å². The lowest BCUT2D eigenvalue weighted by atomic mass is 10.1. The fourth-order valence-electron chi connectivity index (χ4n) is 2.80. The van der Waals surface area contributed by atoms with Crippen molar-refractivity contribution < 1.29 is 19.1 Å². The lowest BCUT2D eigenvalue weighted by Gasteiger charge is -2.25. The number of carbonyl (C=O) groups excluding carboxylic acids is 2. The molecule has 0 radical (unpaired) electrons. The van der Waals surface area contributed by atoms with Gasteiger partial charge in [-0.3, -0.25) is 9.69 Å². The van der Waals surface area contributed by atoms with E-state index in [2.05, 4.69) is 5.32 Å². The van der Waals surface area contributed by atoms with Gasteiger partial charge in [0.25, 0.3) is 0 Å². The van der Waals surface area contributed by atoms with Gasteiger partial charge in [-0.2, -0.15) is 0 Å². The first-order chi connectivity index (χ1) is 11.3. The predicted molar refractivity (Wildman–Crippen MR) is 90.4 cm³/mol. The second-order valence-corrected chi connectivity index (χ2v) is 6.91. The van der Waals surface area contributed by atoms with Crippen LogP contribution in [0, 0.1) is 0 Å². The largest absolute Gasteiger partial charge is 0.445 e. The molecule has 1 aliphatic rings. The molecule has 1 aromatic rings. The molecule has 2 atom stereocenters. The second-order valence-electron chi connectivity index (χ2n) is 6.91. The minimum Gasteiger partial charge on any atom is -0.445 e. The molecule has 2 amide bonds. The summed E-state index contributed by atoms with van der Waals surface area (Å²) in [6, 6.07) is 8.89. The van der Waals surface area contributed by atoms with Crippen LogP contribution in [0.15, 0.2) is 30.3 Å². The van der Waals surface area contributed by atoms with Gasteiger partial charge in [0.2, 0.25) is 5.91 Å². The van der Waals surface area contributed by atoms with Crippen LogP contribution < -0.4 is 5.32 Å². The average Bonchev–Trinajstić information content (AvgIpc) is 2.94. The van der Waals surface area contributed by atoms with Crippen LogP contribution in [0.1, 0.15) is 32.8 Å². The van der Waals surface area contributed by atoms with Gasteiger partial charge in [-0.05, 0) is 26.3 Å². The number of nitrogens with one attached hydrogen (secondary N) is 1. The van der Waals surface area contributed by atoms with Gasteiger partial charge in [0, 0.05) is 13.5 Å². The van der Waals surface area contributed by atoms with Crippen LogP contribution in [0.4, 0.5) is 4.79 Å². The van der Waals surface area contributed by atoms with Crippen molar-refractivity contribution in [2.75, 3.05) is 13.6 Å². The molecule has 0 aliphatic carbocycles. The monoisotopic (exact) mass is 334 g/mol. The average molecular weight is 334 g/mol. The first kappa shape index (κ1) is 18.3. The summed E-state index contributed by atoms with van der Waals surface area (Å²) in [7, 11) is 1.56. The fraction of sp³-hybridized carbons (Fsp3) is 0.556. The third kappa shape index (κ3) is 4.96. The summed E-state index contributed by atoms with van der Waals surface area (Å²) in [4.78, 5) is 26.0. The molecular weight excluding hydrogens is 308 g/mol. The Labute approximate surface area is 143 Å². The van der Waals surface area contributed by atoms with E-state index in [0.29, 0.717) is 13.0 Å². The summed E-state index contributed by atoms with van der Waals surface area (Å²) in [6.07, 6.45) is -0.207. The zero-order chi connectivity index (χ0) is 17.7. The molecule has 132 valence electrons. The van der Waals surface area contributed by atoms with Gasteiger partial charge in [0.1, 0.15) is 12.6 Å². The van der Waals surface area contributed by atoms with E-state index in [0.717, 1.165) is 5.56 Å². The third-order valence-electron chi connectivity index (χ3n) is 3.77. The summed E-state index contributed by atoms with van der Waals surface area (Å²) >= 11 is 0. The molecule has 1 N–H and O–H groups in total. The third-order valence-corrected chi connectivity index (χ3v) is 3.77. The lowest BCUT2D eigenvalue weighted by molar-refractivity contribution is -0.124. The fourth-order valence-corrected chi connectivity index (χ4v) is 2.80. The van der Waals surface area contributed by atoms with Crippen molar-refractivity contribution in [3.05, 3.63) is 35.9 Å². The molecule has 0 bridgehead atoms. The van der Waals surface area contributed by atoms with Crippen LogP contribution in [-0.4, -0.2) is 48.2 Å². The second kappa shape index (κ2) is 7.66. The van der Waals surface area contributed by atoms with E-state index >= 15 is 0 Å². The van der Waals surface area contributed by atoms with Crippen molar-refractivity contribution in [2.24, 2.45) is 0 Å². The highest BCUT2D eigenvalue weighted by Crippen LogP contribution is 2.25. The summed E-state index contributed by atoms with van der Waals surface area (Å²) < 4.78 is 11.3. The number of hydrogen-bond acceptors (Lipinski definition) is 4. The van der Waals surface area contributed by atoms with E-state index in [4.69, 9.17) is 9.47 Å². The number of likely N-dealkylation sites (tertiary alicyclic amines) is 1. The summed E-state index contributed by atoms with van der Waals surface area (Å²) in [5.74, 6) is -0.202. The van der Waals surface area contributed by atoms with Crippen LogP contribution in [0.5, 0.6) is 0 Å². The van der Waals surface area contributed by atoms with Crippen molar-refractivity contribution in [3.63, 3.8) is 0 Å². The molecule has 0 saturated carbocycles. The van der Waals surface area contributed by atoms with Gasteiger partial charge in [0.15, 0.2) is 0 Å². The van der Waals surface area contributed by atoms with E-state index in [9.17, 15) is 9.59 Å². The Morgan fingerprint density at radius 3 is 2.50 bits per heavy atom. The van der Waals surface area contributed by atoms with E-state index in [-0.39, 0.29) is 24.2 Å². The molecule has 24 heavy (non-hydrogen) atoms. The lowest BCUT2D eigenvalue weighted by Crippen LogP contribution is -2.45. The highest BCUT2D eigenvalue weighted by molar-refractivity contribution is 5.86. The molecule has 6 heteroatoms. The summed E-state index contributed by atoms with van der Waals surface area (Å²) in [5.41, 5.74) is 0.575. The Kier molecular flexibility index (Phi) is 5.83. The Morgan fingerprint density at radius 2 is 1.92 bits per heavy atom. The number of amides is 2. The Balaban J connectivity index is 2.01. The molecule has 1 saturated heterocycles. The normalized spacial score (nSPS) is 20.8. The van der Waals surface area contributed by atoms with Gasteiger partial charge >= 0.3 is 6.09 Å². The molecule has 0 aromatic heterocycles. The quantitative estimate of drug-likeness (QED) is 0.917. The molecule has 0 unspecified atom stereocenters. The van der Waals surface area contributed by atoms with Crippen LogP contribution in [0.3, 0.4) is 0 Å². The maximum Gasteiger partial charge on any atom is 0.410 e. The molecule has 1 fully saturated rings. The standard InChI is InChI=1S/C18H26N2O4/c1-18(2,3)24-14-10-15(16(21)19-4)20(11-14)17(22)23-12-13-8-6-5-7-9-13/h5-9,14-15H,10-12H2,1-4H3,(H,19,21)/t14-,15+/m1/s1. The minimum atomic E-state index is -0.564. The van der Waals surface area contributed by atoms with Gasteiger partial charge in [0.05, 0.1) is 18.2 Å². The molecule has 2 rings (SSSR count). The van der Waals surface area contributed by atoms with Crippen molar-refractivity contribution in [2.45, 2.75) is 51.5 Å². The number of likely N-dealkylation sites (N-methyl/N-ethyl adjacent to an activating group) is 1. The summed E-state index contributed by atoms with van der Waals surface area (Å²) in [5, 5.41) is 2.61. The van der Waals surface area contributed by atoms with Crippen molar-refractivity contribution in [3.8, 4) is 0 Å². The van der Waals surface area contributed by atoms with E-state index in [1.807, 2.05) is 51.1 Å². The Morgan fingerprint density at radius 1 is 1.25 bits per heavy atom. The van der Waals surface area contributed by atoms with Crippen LogP contribution >= 0.6 is 0 Å². The van der Waals surface area contributed by atoms with Crippen molar-refractivity contribution in [1.29, 1.82) is 0 Å². The molecule has 1 heterocycles. The van der Waals surface area contributed by atoms with Gasteiger partial charge in [-0.15, -0.1) is 0 Å². The topological polar surface area (TPSA) is 67.9 Å². The molecule has 1 aromatic carbocycles. The first-order valence-electron chi connectivity index (χ1n) is 8.17. The van der Waals surface area contributed by atoms with Crippen LogP contribution in [0.2, 0.25) is 0 Å². The van der Waals surface area contributed by atoms with Crippen LogP contribution in [-0.2, 0) is 20.9 Å². The molecular formula is C18H26N2O4. The van der Waals surface area contributed by atoms with Crippen LogP contribution in [0.25, 0.3) is 0 Å². The number of benzene rings is 1. The van der Waals surface area contributed by atoms with E-state index in [1.54, 1.807) is 7.05 Å². The highest BCUT2D eigenvalue weighted by atomic mass is 16.6. The van der Waals surface area contributed by atoms with Gasteiger partial charge in [-0.1, -0.05) is 30.3 Å². The highest BCUT2D eigenvalue weighted by Gasteiger charge is 2.41. The zero-order valence-corrected chi connectivity index (χ0v) is 14.7. The smallest absolute Gasteiger partial charge is 0.410 e. The molecule has 0 spiro atoms. The van der Waals surface area contributed by atoms with Crippen molar-refractivity contribution >= 4 is 12.0 Å². The number of rotatable bonds is 4. The maximum absolute atomic E-state index is 12.4. The molecule has 6 nitrogen and oxygen atoms in total. The number of nitrogens with zero attached hydrogens (tertiary/aromatic N) is 1. The van der Waals surface area contributed by atoms with E-state index < -0.39 is 12.1 Å². The Hall–Kier alpha value is -2.08. The first-order valence-corrected chi connectivity index (χ1v) is 8.17. The Bertz CT molecular complexity index is 568. The van der Waals surface area contributed by atoms with E-state index in [1.165, 1.54) is 4.90 Å². The maximum atomic E-state index is 12.4. The number of carbonyl (C=O) groups is 2. The van der Waals surface area contributed by atoms with Gasteiger partial charge < -0.3 is 14.8 Å². The minimum absolute atomic E-state index is 0.182. The number of hydrogen-bond donors (Lipinski definition) is 1. The predicted octanol–water partition coefficient (Wildman–Crippen LogP) is 2.33. The zero-order valence-electron chi connectivity index (χ0n) is 14.7. The molecule has 1 aliphatic heterocycles. The number of ether oxygens (including phenoxy) is 2. The van der Waals surface area contributed by atoms with Crippen molar-refractivity contribution in [1.82, 2.24) is 10.2 Å².